The summed E-state index contributed by atoms with van der Waals surface area (Å²) in [6.07, 6.45) is 1.83. The molecule has 2 N–H and O–H groups in total. The van der Waals surface area contributed by atoms with E-state index in [0.717, 1.165) is 24.5 Å². The normalized spacial score (nSPS) is 10.4. The zero-order valence-electron chi connectivity index (χ0n) is 13.5. The van der Waals surface area contributed by atoms with E-state index in [1.54, 1.807) is 0 Å². The zero-order chi connectivity index (χ0) is 15.5. The average Bonchev–Trinajstić information content (AvgIpc) is 2.79. The molecule has 1 rings (SSSR count). The number of likely N-dealkylation sites (N-methyl/N-ethyl adjacent to an activating group) is 1. The topological polar surface area (TPSA) is 64.8 Å². The summed E-state index contributed by atoms with van der Waals surface area (Å²) in [4.78, 5) is 4.07. The van der Waals surface area contributed by atoms with E-state index >= 15 is 0 Å². The molecule has 0 fully saturated rings. The van der Waals surface area contributed by atoms with E-state index in [1.807, 2.05) is 50.6 Å². The van der Waals surface area contributed by atoms with Gasteiger partial charge in [-0.15, -0.1) is 0 Å². The Morgan fingerprint density at radius 1 is 1.10 bits per heavy atom. The summed E-state index contributed by atoms with van der Waals surface area (Å²) in [5.41, 5.74) is 1.07. The Kier molecular flexibility index (Phi) is 10.1. The van der Waals surface area contributed by atoms with Crippen LogP contribution >= 0.6 is 0 Å². The minimum atomic E-state index is 0.0678. The SMILES string of the molecule is CC.Cc1cnn(CCN(C)C)c1N(CCO)CCO. The fraction of sp³-hybridized carbons (Fsp3) is 0.786. The number of rotatable bonds is 8. The van der Waals surface area contributed by atoms with E-state index in [-0.39, 0.29) is 13.2 Å². The molecule has 0 bridgehead atoms. The van der Waals surface area contributed by atoms with E-state index in [4.69, 9.17) is 10.2 Å². The van der Waals surface area contributed by atoms with Crippen LogP contribution in [0, 0.1) is 6.92 Å². The maximum atomic E-state index is 9.10. The van der Waals surface area contributed by atoms with Crippen LogP contribution in [0.5, 0.6) is 0 Å². The molecule has 6 heteroatoms. The Bertz CT molecular complexity index is 347. The Hall–Kier alpha value is -1.11. The highest BCUT2D eigenvalue weighted by atomic mass is 16.3. The van der Waals surface area contributed by atoms with Crippen molar-refractivity contribution in [1.29, 1.82) is 0 Å². The van der Waals surface area contributed by atoms with Crippen molar-refractivity contribution >= 4 is 5.82 Å². The fourth-order valence-corrected chi connectivity index (χ4v) is 1.91. The monoisotopic (exact) mass is 286 g/mol. The predicted molar refractivity (Wildman–Crippen MR) is 83.3 cm³/mol. The van der Waals surface area contributed by atoms with Gasteiger partial charge in [-0.25, -0.2) is 4.68 Å². The summed E-state index contributed by atoms with van der Waals surface area (Å²) in [5.74, 6) is 0.986. The van der Waals surface area contributed by atoms with Crippen LogP contribution in [-0.2, 0) is 6.54 Å². The first-order valence-electron chi connectivity index (χ1n) is 7.24. The van der Waals surface area contributed by atoms with Crippen LogP contribution in [0.15, 0.2) is 6.20 Å². The molecule has 20 heavy (non-hydrogen) atoms. The Labute approximate surface area is 122 Å². The standard InChI is InChI=1S/C12H24N4O2.C2H6/c1-11-10-13-16(5-4-14(2)3)12(11)15(6-8-17)7-9-18;1-2/h10,17-18H,4-9H2,1-3H3;1-2H3. The van der Waals surface area contributed by atoms with Crippen LogP contribution in [0.2, 0.25) is 0 Å². The van der Waals surface area contributed by atoms with Crippen molar-refractivity contribution in [3.8, 4) is 0 Å². The van der Waals surface area contributed by atoms with Gasteiger partial charge < -0.3 is 20.0 Å². The highest BCUT2D eigenvalue weighted by Crippen LogP contribution is 2.19. The molecule has 0 atom stereocenters. The maximum absolute atomic E-state index is 9.10. The van der Waals surface area contributed by atoms with Gasteiger partial charge in [0.15, 0.2) is 0 Å². The summed E-state index contributed by atoms with van der Waals surface area (Å²) < 4.78 is 1.93. The second-order valence-electron chi connectivity index (χ2n) is 4.61. The van der Waals surface area contributed by atoms with Crippen molar-refractivity contribution in [2.24, 2.45) is 0 Å². The van der Waals surface area contributed by atoms with Crippen LogP contribution in [-0.4, -0.2) is 71.8 Å². The van der Waals surface area contributed by atoms with Gasteiger partial charge in [-0.3, -0.25) is 0 Å². The van der Waals surface area contributed by atoms with Crippen LogP contribution in [0.3, 0.4) is 0 Å². The third kappa shape index (κ3) is 5.90. The molecule has 0 spiro atoms. The van der Waals surface area contributed by atoms with E-state index in [2.05, 4.69) is 10.00 Å². The largest absolute Gasteiger partial charge is 0.395 e. The number of nitrogens with zero attached hydrogens (tertiary/aromatic N) is 4. The van der Waals surface area contributed by atoms with Gasteiger partial charge in [-0.2, -0.15) is 5.10 Å². The zero-order valence-corrected chi connectivity index (χ0v) is 13.5. The lowest BCUT2D eigenvalue weighted by Crippen LogP contribution is -2.33. The third-order valence-electron chi connectivity index (χ3n) is 2.79. The predicted octanol–water partition coefficient (Wildman–Crippen LogP) is 0.570. The summed E-state index contributed by atoms with van der Waals surface area (Å²) in [7, 11) is 4.05. The first kappa shape index (κ1) is 18.9. The summed E-state index contributed by atoms with van der Waals surface area (Å²) >= 11 is 0. The van der Waals surface area contributed by atoms with Crippen molar-refractivity contribution in [3.05, 3.63) is 11.8 Å². The minimum Gasteiger partial charge on any atom is -0.395 e. The number of hydrogen-bond acceptors (Lipinski definition) is 5. The molecular weight excluding hydrogens is 256 g/mol. The van der Waals surface area contributed by atoms with Crippen molar-refractivity contribution < 1.29 is 10.2 Å². The first-order chi connectivity index (χ1) is 9.60. The summed E-state index contributed by atoms with van der Waals surface area (Å²) in [6, 6.07) is 0. The molecule has 1 heterocycles. The smallest absolute Gasteiger partial charge is 0.129 e. The molecule has 0 saturated heterocycles. The number of aromatic nitrogens is 2. The van der Waals surface area contributed by atoms with Gasteiger partial charge in [0.2, 0.25) is 0 Å². The lowest BCUT2D eigenvalue weighted by molar-refractivity contribution is 0.279. The van der Waals surface area contributed by atoms with E-state index < -0.39 is 0 Å². The first-order valence-corrected chi connectivity index (χ1v) is 7.24. The van der Waals surface area contributed by atoms with Gasteiger partial charge in [-0.05, 0) is 21.0 Å². The molecular formula is C14H30N4O2. The molecule has 1 aromatic rings. The maximum Gasteiger partial charge on any atom is 0.129 e. The van der Waals surface area contributed by atoms with Gasteiger partial charge in [0, 0.05) is 25.2 Å². The highest BCUT2D eigenvalue weighted by molar-refractivity contribution is 5.46. The lowest BCUT2D eigenvalue weighted by Gasteiger charge is -2.25. The van der Waals surface area contributed by atoms with Crippen LogP contribution in [0.1, 0.15) is 19.4 Å². The third-order valence-corrected chi connectivity index (χ3v) is 2.79. The molecule has 0 aliphatic heterocycles. The average molecular weight is 286 g/mol. The minimum absolute atomic E-state index is 0.0678. The van der Waals surface area contributed by atoms with Crippen molar-refractivity contribution in [3.63, 3.8) is 0 Å². The molecule has 6 nitrogen and oxygen atoms in total. The number of hydrogen-bond donors (Lipinski definition) is 2. The van der Waals surface area contributed by atoms with Gasteiger partial charge in [0.25, 0.3) is 0 Å². The lowest BCUT2D eigenvalue weighted by atomic mass is 10.3. The van der Waals surface area contributed by atoms with Crippen LogP contribution in [0.4, 0.5) is 5.82 Å². The summed E-state index contributed by atoms with van der Waals surface area (Å²) in [6.45, 7) is 8.85. The van der Waals surface area contributed by atoms with Crippen LogP contribution in [0.25, 0.3) is 0 Å². The van der Waals surface area contributed by atoms with E-state index in [0.29, 0.717) is 13.1 Å². The highest BCUT2D eigenvalue weighted by Gasteiger charge is 2.14. The molecule has 0 radical (unpaired) electrons. The molecule has 0 saturated carbocycles. The van der Waals surface area contributed by atoms with E-state index in [9.17, 15) is 0 Å². The Morgan fingerprint density at radius 3 is 2.10 bits per heavy atom. The number of anilines is 1. The molecule has 0 amide bonds. The summed E-state index contributed by atoms with van der Waals surface area (Å²) in [5, 5.41) is 22.6. The molecule has 0 unspecified atom stereocenters. The fourth-order valence-electron chi connectivity index (χ4n) is 1.91. The quantitative estimate of drug-likeness (QED) is 0.731. The van der Waals surface area contributed by atoms with Crippen LogP contribution < -0.4 is 4.90 Å². The molecule has 0 aliphatic rings. The number of aliphatic hydroxyl groups excluding tert-OH is 2. The van der Waals surface area contributed by atoms with Crippen molar-refractivity contribution in [2.45, 2.75) is 27.3 Å². The van der Waals surface area contributed by atoms with Gasteiger partial charge in [0.1, 0.15) is 5.82 Å². The molecule has 1 aromatic heterocycles. The number of aryl methyl sites for hydroxylation is 1. The van der Waals surface area contributed by atoms with Gasteiger partial charge in [0.05, 0.1) is 26.0 Å². The molecule has 118 valence electrons. The van der Waals surface area contributed by atoms with Gasteiger partial charge >= 0.3 is 0 Å². The van der Waals surface area contributed by atoms with Crippen molar-refractivity contribution in [2.75, 3.05) is 51.8 Å². The van der Waals surface area contributed by atoms with Gasteiger partial charge in [-0.1, -0.05) is 13.8 Å². The Morgan fingerprint density at radius 2 is 1.65 bits per heavy atom. The molecule has 0 aliphatic carbocycles. The van der Waals surface area contributed by atoms with E-state index in [1.165, 1.54) is 0 Å². The molecule has 0 aromatic carbocycles. The van der Waals surface area contributed by atoms with Crippen molar-refractivity contribution in [1.82, 2.24) is 14.7 Å². The number of aliphatic hydroxyl groups is 2. The Balaban J connectivity index is 0.00000172. The second-order valence-corrected chi connectivity index (χ2v) is 4.61. The second kappa shape index (κ2) is 10.7.